The van der Waals surface area contributed by atoms with E-state index in [1.165, 1.54) is 11.6 Å². The van der Waals surface area contributed by atoms with Gasteiger partial charge in [0.15, 0.2) is 0 Å². The number of hydrogen-bond acceptors (Lipinski definition) is 3. The Balaban J connectivity index is 2.49. The van der Waals surface area contributed by atoms with Crippen molar-refractivity contribution in [1.29, 1.82) is 0 Å². The van der Waals surface area contributed by atoms with Crippen molar-refractivity contribution in [3.8, 4) is 0 Å². The Labute approximate surface area is 174 Å². The van der Waals surface area contributed by atoms with Crippen molar-refractivity contribution in [2.75, 3.05) is 0 Å². The van der Waals surface area contributed by atoms with Crippen molar-refractivity contribution >= 4 is 18.1 Å². The van der Waals surface area contributed by atoms with Gasteiger partial charge >= 0.3 is 0 Å². The van der Waals surface area contributed by atoms with E-state index in [-0.39, 0.29) is 23.4 Å². The van der Waals surface area contributed by atoms with E-state index < -0.39 is 22.7 Å². The van der Waals surface area contributed by atoms with Crippen LogP contribution in [0.4, 0.5) is 0 Å². The molecule has 29 heavy (non-hydrogen) atoms. The zero-order valence-corrected chi connectivity index (χ0v) is 18.3. The van der Waals surface area contributed by atoms with Crippen LogP contribution in [0.25, 0.3) is 0 Å². The number of rotatable bonds is 9. The standard InChI is InChI=1S/C25H33NO3/c1-8-17(3)26-22(28)20(21(23(26)29)25(6,7)16-27)24(4,5)15-18(9-2)19-13-11-10-12-14-19/h8,10-14,16,18,20-21H,1,3,9,15H2,2,4-7H3. The predicted molar refractivity (Wildman–Crippen MR) is 116 cm³/mol. The normalized spacial score (nSPS) is 21.2. The highest BCUT2D eigenvalue weighted by molar-refractivity contribution is 6.08. The molecule has 1 aromatic rings. The molecule has 1 aromatic carbocycles. The maximum Gasteiger partial charge on any atom is 0.238 e. The predicted octanol–water partition coefficient (Wildman–Crippen LogP) is 5.12. The van der Waals surface area contributed by atoms with Crippen molar-refractivity contribution in [2.45, 2.75) is 53.4 Å². The van der Waals surface area contributed by atoms with Gasteiger partial charge in [-0.05, 0) is 35.8 Å². The third kappa shape index (κ3) is 4.26. The summed E-state index contributed by atoms with van der Waals surface area (Å²) < 4.78 is 0. The minimum atomic E-state index is -0.959. The number of aldehydes is 1. The van der Waals surface area contributed by atoms with Crippen molar-refractivity contribution in [1.82, 2.24) is 4.90 Å². The molecule has 2 amide bonds. The van der Waals surface area contributed by atoms with Crippen LogP contribution in [-0.4, -0.2) is 23.0 Å². The summed E-state index contributed by atoms with van der Waals surface area (Å²) in [6.07, 6.45) is 3.86. The highest BCUT2D eigenvalue weighted by Crippen LogP contribution is 2.51. The summed E-state index contributed by atoms with van der Waals surface area (Å²) in [5.41, 5.74) is 0.0301. The van der Waals surface area contributed by atoms with Crippen molar-refractivity contribution in [3.63, 3.8) is 0 Å². The van der Waals surface area contributed by atoms with Gasteiger partial charge < -0.3 is 4.79 Å². The average molecular weight is 396 g/mol. The third-order valence-corrected chi connectivity index (χ3v) is 6.31. The molecule has 156 valence electrons. The van der Waals surface area contributed by atoms with Crippen LogP contribution in [0.15, 0.2) is 55.3 Å². The molecule has 3 atom stereocenters. The average Bonchev–Trinajstić information content (AvgIpc) is 2.98. The van der Waals surface area contributed by atoms with Gasteiger partial charge in [-0.15, -0.1) is 0 Å². The smallest absolute Gasteiger partial charge is 0.238 e. The first-order valence-electron chi connectivity index (χ1n) is 10.2. The zero-order chi connectivity index (χ0) is 22.0. The second-order valence-corrected chi connectivity index (χ2v) is 9.31. The summed E-state index contributed by atoms with van der Waals surface area (Å²) in [7, 11) is 0. The Hall–Kier alpha value is -2.49. The maximum absolute atomic E-state index is 13.4. The van der Waals surface area contributed by atoms with Crippen molar-refractivity contribution < 1.29 is 14.4 Å². The van der Waals surface area contributed by atoms with Gasteiger partial charge in [-0.3, -0.25) is 14.5 Å². The molecule has 0 radical (unpaired) electrons. The number of hydrogen-bond donors (Lipinski definition) is 0. The Bertz CT molecular complexity index is 807. The summed E-state index contributed by atoms with van der Waals surface area (Å²) in [6, 6.07) is 10.2. The van der Waals surface area contributed by atoms with Crippen molar-refractivity contribution in [3.05, 3.63) is 60.8 Å². The quantitative estimate of drug-likeness (QED) is 0.331. The lowest BCUT2D eigenvalue weighted by Crippen LogP contribution is -2.42. The van der Waals surface area contributed by atoms with E-state index in [1.807, 2.05) is 32.0 Å². The van der Waals surface area contributed by atoms with Gasteiger partial charge in [0.1, 0.15) is 6.29 Å². The molecule has 1 fully saturated rings. The number of benzene rings is 1. The molecule has 0 spiro atoms. The first-order valence-corrected chi connectivity index (χ1v) is 10.2. The van der Waals surface area contributed by atoms with E-state index in [0.717, 1.165) is 24.0 Å². The number of amides is 2. The monoisotopic (exact) mass is 395 g/mol. The van der Waals surface area contributed by atoms with Crippen LogP contribution in [-0.2, 0) is 14.4 Å². The summed E-state index contributed by atoms with van der Waals surface area (Å²) in [5.74, 6) is -1.72. The number of imide groups is 1. The lowest BCUT2D eigenvalue weighted by Gasteiger charge is -2.39. The number of nitrogens with zero attached hydrogens (tertiary/aromatic N) is 1. The zero-order valence-electron chi connectivity index (χ0n) is 18.3. The Kier molecular flexibility index (Phi) is 6.67. The Morgan fingerprint density at radius 2 is 1.66 bits per heavy atom. The molecular formula is C25H33NO3. The minimum Gasteiger partial charge on any atom is -0.303 e. The molecule has 4 heteroatoms. The van der Waals surface area contributed by atoms with Gasteiger partial charge in [-0.2, -0.15) is 0 Å². The fourth-order valence-corrected chi connectivity index (χ4v) is 4.64. The second kappa shape index (κ2) is 8.48. The van der Waals surface area contributed by atoms with Gasteiger partial charge in [0.05, 0.1) is 11.8 Å². The molecule has 0 N–H and O–H groups in total. The molecule has 2 rings (SSSR count). The van der Waals surface area contributed by atoms with E-state index in [0.29, 0.717) is 0 Å². The SMILES string of the molecule is C=CC(=C)N1C(=O)C(C(C)(C)C=O)C(C(C)(C)CC(CC)c2ccccc2)C1=O. The number of allylic oxidation sites excluding steroid dienone is 1. The fourth-order valence-electron chi connectivity index (χ4n) is 4.64. The molecule has 0 aromatic heterocycles. The molecule has 0 bridgehead atoms. The van der Waals surface area contributed by atoms with Gasteiger partial charge in [-0.1, -0.05) is 78.1 Å². The van der Waals surface area contributed by atoms with Crippen LogP contribution in [0, 0.1) is 22.7 Å². The first-order chi connectivity index (χ1) is 13.5. The Morgan fingerprint density at radius 1 is 1.10 bits per heavy atom. The van der Waals surface area contributed by atoms with E-state index >= 15 is 0 Å². The van der Waals surface area contributed by atoms with Crippen LogP contribution >= 0.6 is 0 Å². The van der Waals surface area contributed by atoms with E-state index in [9.17, 15) is 14.4 Å². The maximum atomic E-state index is 13.4. The number of likely N-dealkylation sites (tertiary alicyclic amines) is 1. The topological polar surface area (TPSA) is 54.5 Å². The van der Waals surface area contributed by atoms with Crippen LogP contribution in [0.1, 0.15) is 58.9 Å². The molecular weight excluding hydrogens is 362 g/mol. The van der Waals surface area contributed by atoms with Crippen LogP contribution < -0.4 is 0 Å². The summed E-state index contributed by atoms with van der Waals surface area (Å²) in [6.45, 7) is 17.1. The number of carbonyl (C=O) groups is 3. The molecule has 1 heterocycles. The molecule has 4 nitrogen and oxygen atoms in total. The molecule has 1 aliphatic rings. The van der Waals surface area contributed by atoms with E-state index in [4.69, 9.17) is 0 Å². The van der Waals surface area contributed by atoms with Crippen LogP contribution in [0.3, 0.4) is 0 Å². The summed E-state index contributed by atoms with van der Waals surface area (Å²) in [4.78, 5) is 39.6. The van der Waals surface area contributed by atoms with Crippen molar-refractivity contribution in [2.24, 2.45) is 22.7 Å². The van der Waals surface area contributed by atoms with Crippen LogP contribution in [0.5, 0.6) is 0 Å². The van der Waals surface area contributed by atoms with Gasteiger partial charge in [0.25, 0.3) is 0 Å². The largest absolute Gasteiger partial charge is 0.303 e. The molecule has 0 saturated carbocycles. The Morgan fingerprint density at radius 3 is 2.14 bits per heavy atom. The highest BCUT2D eigenvalue weighted by atomic mass is 16.2. The minimum absolute atomic E-state index is 0.255. The first kappa shape index (κ1) is 22.8. The lowest BCUT2D eigenvalue weighted by molar-refractivity contribution is -0.139. The molecule has 1 saturated heterocycles. The van der Waals surface area contributed by atoms with Gasteiger partial charge in [0.2, 0.25) is 11.8 Å². The molecule has 3 unspecified atom stereocenters. The fraction of sp³-hybridized carbons (Fsp3) is 0.480. The molecule has 0 aliphatic carbocycles. The van der Waals surface area contributed by atoms with Gasteiger partial charge in [-0.25, -0.2) is 0 Å². The van der Waals surface area contributed by atoms with E-state index in [1.54, 1.807) is 13.8 Å². The van der Waals surface area contributed by atoms with Gasteiger partial charge in [0, 0.05) is 11.1 Å². The highest BCUT2D eigenvalue weighted by Gasteiger charge is 2.59. The third-order valence-electron chi connectivity index (χ3n) is 6.31. The lowest BCUT2D eigenvalue weighted by atomic mass is 9.61. The van der Waals surface area contributed by atoms with Crippen LogP contribution in [0.2, 0.25) is 0 Å². The molecule has 1 aliphatic heterocycles. The number of carbonyl (C=O) groups excluding carboxylic acids is 3. The summed E-state index contributed by atoms with van der Waals surface area (Å²) in [5, 5.41) is 0. The van der Waals surface area contributed by atoms with E-state index in [2.05, 4.69) is 32.2 Å². The summed E-state index contributed by atoms with van der Waals surface area (Å²) >= 11 is 0. The second-order valence-electron chi connectivity index (χ2n) is 9.31.